The molecule has 0 atom stereocenters. The number of carbonyl (C=O) groups excluding carboxylic acids is 2. The van der Waals surface area contributed by atoms with Crippen LogP contribution >= 0.6 is 0 Å². The molecule has 0 aliphatic carbocycles. The predicted octanol–water partition coefficient (Wildman–Crippen LogP) is 2.50. The molecular weight excluding hydrogens is 302 g/mol. The van der Waals surface area contributed by atoms with Gasteiger partial charge in [0.15, 0.2) is 0 Å². The van der Waals surface area contributed by atoms with Gasteiger partial charge in [-0.1, -0.05) is 30.3 Å². The van der Waals surface area contributed by atoms with E-state index in [9.17, 15) is 14.9 Å². The number of fused-ring (bicyclic) bond motifs is 1. The normalized spacial score (nSPS) is 12.4. The summed E-state index contributed by atoms with van der Waals surface area (Å²) in [6, 6.07) is 16.7. The first-order chi connectivity index (χ1) is 11.6. The molecule has 0 aromatic heterocycles. The summed E-state index contributed by atoms with van der Waals surface area (Å²) in [6.45, 7) is 1.94. The highest BCUT2D eigenvalue weighted by Gasteiger charge is 2.27. The molecule has 1 heterocycles. The van der Waals surface area contributed by atoms with E-state index in [2.05, 4.69) is 6.07 Å². The molecule has 2 amide bonds. The minimum Gasteiger partial charge on any atom is -0.310 e. The van der Waals surface area contributed by atoms with E-state index in [0.29, 0.717) is 17.8 Å². The molecule has 3 rings (SSSR count). The maximum Gasteiger partial charge on any atom is 0.247 e. The molecule has 2 aromatic carbocycles. The Morgan fingerprint density at radius 3 is 2.62 bits per heavy atom. The third kappa shape index (κ3) is 2.86. The highest BCUT2D eigenvalue weighted by atomic mass is 16.2. The maximum absolute atomic E-state index is 12.7. The highest BCUT2D eigenvalue weighted by Crippen LogP contribution is 2.28. The van der Waals surface area contributed by atoms with Gasteiger partial charge in [0.25, 0.3) is 0 Å². The third-order valence-electron chi connectivity index (χ3n) is 4.18. The van der Waals surface area contributed by atoms with Crippen molar-refractivity contribution in [2.24, 2.45) is 0 Å². The number of para-hydroxylation sites is 2. The maximum atomic E-state index is 12.7. The highest BCUT2D eigenvalue weighted by molar-refractivity contribution is 6.04. The van der Waals surface area contributed by atoms with E-state index in [-0.39, 0.29) is 18.4 Å². The van der Waals surface area contributed by atoms with Crippen LogP contribution in [-0.2, 0) is 16.0 Å². The minimum absolute atomic E-state index is 0.0810. The van der Waals surface area contributed by atoms with Crippen molar-refractivity contribution in [3.63, 3.8) is 0 Å². The number of hydrogen-bond acceptors (Lipinski definition) is 3. The fourth-order valence-electron chi connectivity index (χ4n) is 2.99. The first-order valence-corrected chi connectivity index (χ1v) is 7.77. The molecule has 24 heavy (non-hydrogen) atoms. The Hall–Kier alpha value is -3.13. The van der Waals surface area contributed by atoms with E-state index in [1.165, 1.54) is 11.8 Å². The van der Waals surface area contributed by atoms with E-state index in [1.54, 1.807) is 29.2 Å². The van der Waals surface area contributed by atoms with Gasteiger partial charge in [-0.2, -0.15) is 5.26 Å². The van der Waals surface area contributed by atoms with Crippen molar-refractivity contribution in [2.75, 3.05) is 22.9 Å². The van der Waals surface area contributed by atoms with Gasteiger partial charge in [0, 0.05) is 19.2 Å². The van der Waals surface area contributed by atoms with Gasteiger partial charge in [-0.3, -0.25) is 9.59 Å². The number of rotatable bonds is 3. The molecule has 0 unspecified atom stereocenters. The quantitative estimate of drug-likeness (QED) is 0.873. The molecule has 2 aromatic rings. The summed E-state index contributed by atoms with van der Waals surface area (Å²) in [5.74, 6) is -0.415. The lowest BCUT2D eigenvalue weighted by Crippen LogP contribution is -2.42. The van der Waals surface area contributed by atoms with Gasteiger partial charge in [-0.15, -0.1) is 0 Å². The number of anilines is 2. The van der Waals surface area contributed by atoms with Crippen molar-refractivity contribution in [1.29, 1.82) is 5.26 Å². The van der Waals surface area contributed by atoms with E-state index >= 15 is 0 Å². The van der Waals surface area contributed by atoms with Crippen molar-refractivity contribution >= 4 is 23.2 Å². The Bertz CT molecular complexity index is 839. The van der Waals surface area contributed by atoms with E-state index in [4.69, 9.17) is 0 Å². The Morgan fingerprint density at radius 2 is 1.88 bits per heavy atom. The third-order valence-corrected chi connectivity index (χ3v) is 4.18. The molecule has 0 spiro atoms. The first kappa shape index (κ1) is 15.8. The lowest BCUT2D eigenvalue weighted by Gasteiger charge is -2.25. The number of benzene rings is 2. The Balaban J connectivity index is 1.86. The molecule has 0 fully saturated rings. The van der Waals surface area contributed by atoms with Crippen LogP contribution in [0.3, 0.4) is 0 Å². The molecule has 0 N–H and O–H groups in total. The van der Waals surface area contributed by atoms with Crippen LogP contribution in [0.15, 0.2) is 48.5 Å². The van der Waals surface area contributed by atoms with Gasteiger partial charge in [0.05, 0.1) is 11.3 Å². The second kappa shape index (κ2) is 6.55. The van der Waals surface area contributed by atoms with Crippen molar-refractivity contribution < 1.29 is 9.59 Å². The number of amides is 2. The first-order valence-electron chi connectivity index (χ1n) is 7.77. The van der Waals surface area contributed by atoms with Crippen molar-refractivity contribution in [2.45, 2.75) is 13.3 Å². The van der Waals surface area contributed by atoms with Crippen LogP contribution in [0.25, 0.3) is 0 Å². The van der Waals surface area contributed by atoms with Gasteiger partial charge >= 0.3 is 0 Å². The average molecular weight is 319 g/mol. The molecule has 5 heteroatoms. The van der Waals surface area contributed by atoms with Crippen LogP contribution in [0.4, 0.5) is 11.4 Å². The molecule has 0 radical (unpaired) electrons. The van der Waals surface area contributed by atoms with Crippen LogP contribution in [0.2, 0.25) is 0 Å². The lowest BCUT2D eigenvalue weighted by atomic mass is 10.1. The summed E-state index contributed by atoms with van der Waals surface area (Å²) < 4.78 is 0. The summed E-state index contributed by atoms with van der Waals surface area (Å²) in [4.78, 5) is 27.9. The van der Waals surface area contributed by atoms with E-state index in [1.807, 2.05) is 24.3 Å². The summed E-state index contributed by atoms with van der Waals surface area (Å²) in [5, 5.41) is 9.24. The molecule has 0 bridgehead atoms. The Morgan fingerprint density at radius 1 is 1.17 bits per heavy atom. The van der Waals surface area contributed by atoms with Gasteiger partial charge in [0.2, 0.25) is 11.8 Å². The largest absolute Gasteiger partial charge is 0.310 e. The monoisotopic (exact) mass is 319 g/mol. The predicted molar refractivity (Wildman–Crippen MR) is 91.7 cm³/mol. The minimum atomic E-state index is -0.265. The Labute approximate surface area is 140 Å². The summed E-state index contributed by atoms with van der Waals surface area (Å²) in [5.41, 5.74) is 2.88. The second-order valence-corrected chi connectivity index (χ2v) is 5.66. The van der Waals surface area contributed by atoms with Gasteiger partial charge < -0.3 is 9.80 Å². The second-order valence-electron chi connectivity index (χ2n) is 5.66. The van der Waals surface area contributed by atoms with Crippen LogP contribution < -0.4 is 9.80 Å². The molecule has 1 aliphatic heterocycles. The molecule has 0 saturated heterocycles. The van der Waals surface area contributed by atoms with Crippen LogP contribution in [0.5, 0.6) is 0 Å². The molecular formula is C19H17N3O2. The molecule has 120 valence electrons. The zero-order valence-electron chi connectivity index (χ0n) is 13.4. The lowest BCUT2D eigenvalue weighted by molar-refractivity contribution is -0.121. The van der Waals surface area contributed by atoms with Crippen molar-refractivity contribution in [3.05, 3.63) is 59.7 Å². The molecule has 5 nitrogen and oxygen atoms in total. The van der Waals surface area contributed by atoms with Gasteiger partial charge in [-0.05, 0) is 30.2 Å². The number of hydrogen-bond donors (Lipinski definition) is 0. The van der Waals surface area contributed by atoms with Crippen LogP contribution in [0.1, 0.15) is 18.1 Å². The average Bonchev–Trinajstić information content (AvgIpc) is 3.03. The van der Waals surface area contributed by atoms with Gasteiger partial charge in [0.1, 0.15) is 12.6 Å². The number of nitrogens with zero attached hydrogens (tertiary/aromatic N) is 3. The SMILES string of the molecule is CC(=O)N(CC(=O)N1CCc2ccccc21)c1ccccc1C#N. The molecule has 0 saturated carbocycles. The van der Waals surface area contributed by atoms with Crippen LogP contribution in [0, 0.1) is 11.3 Å². The van der Waals surface area contributed by atoms with E-state index in [0.717, 1.165) is 17.7 Å². The topological polar surface area (TPSA) is 64.4 Å². The van der Waals surface area contributed by atoms with Gasteiger partial charge in [-0.25, -0.2) is 0 Å². The number of nitriles is 1. The summed E-state index contributed by atoms with van der Waals surface area (Å²) >= 11 is 0. The van der Waals surface area contributed by atoms with Crippen LogP contribution in [-0.4, -0.2) is 24.9 Å². The summed E-state index contributed by atoms with van der Waals surface area (Å²) in [7, 11) is 0. The smallest absolute Gasteiger partial charge is 0.247 e. The fraction of sp³-hybridized carbons (Fsp3) is 0.211. The number of carbonyl (C=O) groups is 2. The summed E-state index contributed by atoms with van der Waals surface area (Å²) in [6.07, 6.45) is 0.816. The van der Waals surface area contributed by atoms with Crippen molar-refractivity contribution in [3.8, 4) is 6.07 Å². The zero-order valence-corrected chi connectivity index (χ0v) is 13.4. The zero-order chi connectivity index (χ0) is 17.1. The standard InChI is InChI=1S/C19H17N3O2/c1-14(23)22(18-9-5-3-7-16(18)12-20)13-19(24)21-11-10-15-6-2-4-8-17(15)21/h2-9H,10-11,13H2,1H3. The van der Waals surface area contributed by atoms with Crippen molar-refractivity contribution in [1.82, 2.24) is 0 Å². The van der Waals surface area contributed by atoms with E-state index < -0.39 is 0 Å². The fourth-order valence-corrected chi connectivity index (χ4v) is 2.99. The molecule has 1 aliphatic rings. The Kier molecular flexibility index (Phi) is 4.30.